The molecule has 0 rings (SSSR count). The topological polar surface area (TPSA) is 0 Å². The molecule has 0 aromatic carbocycles. The first kappa shape index (κ1) is 33.9. The molecule has 0 heterocycles. The van der Waals surface area contributed by atoms with E-state index in [1.165, 1.54) is 0 Å². The predicted molar refractivity (Wildman–Crippen MR) is 92.4 cm³/mol. The summed E-state index contributed by atoms with van der Waals surface area (Å²) in [6.45, 7) is 19.9. The van der Waals surface area contributed by atoms with Gasteiger partial charge in [0.05, 0.1) is 0 Å². The maximum atomic E-state index is 2.31. The minimum absolute atomic E-state index is 0. The Kier molecular flexibility index (Phi) is 34.5. The van der Waals surface area contributed by atoms with Gasteiger partial charge in [0.25, 0.3) is 0 Å². The summed E-state index contributed by atoms with van der Waals surface area (Å²) in [4.78, 5) is 0. The first-order valence-corrected chi connectivity index (χ1v) is 7.53. The van der Waals surface area contributed by atoms with Crippen LogP contribution in [0.25, 0.3) is 0 Å². The van der Waals surface area contributed by atoms with Crippen LogP contribution in [-0.2, 0) is 42.1 Å². The van der Waals surface area contributed by atoms with Crippen molar-refractivity contribution in [1.82, 2.24) is 0 Å². The Labute approximate surface area is 166 Å². The molecule has 128 valence electrons. The minimum Gasteiger partial charge on any atom is -0.331 e. The molecule has 4 unspecified atom stereocenters. The van der Waals surface area contributed by atoms with Crippen LogP contribution in [0.4, 0.5) is 0 Å². The van der Waals surface area contributed by atoms with Crippen molar-refractivity contribution in [2.45, 2.75) is 69.7 Å². The van der Waals surface area contributed by atoms with Gasteiger partial charge in [-0.1, -0.05) is 48.0 Å². The van der Waals surface area contributed by atoms with Gasteiger partial charge >= 0.3 is 42.1 Å². The molecule has 0 fully saturated rings. The predicted octanol–water partition coefficient (Wildman–Crippen LogP) is 6.68. The normalized spacial score (nSPS) is 16.4. The van der Waals surface area contributed by atoms with Gasteiger partial charge in [-0.25, -0.2) is 0 Å². The third-order valence-electron chi connectivity index (χ3n) is 4.59. The second kappa shape index (κ2) is 21.4. The number of rotatable bonds is 7. The summed E-state index contributed by atoms with van der Waals surface area (Å²) >= 11 is 0. The summed E-state index contributed by atoms with van der Waals surface area (Å²) in [5, 5.41) is 0. The Hall–Kier alpha value is 1.38. The van der Waals surface area contributed by atoms with E-state index < -0.39 is 0 Å². The molecule has 0 aliphatic carbocycles. The summed E-state index contributed by atoms with van der Waals surface area (Å²) in [7, 11) is 0. The van der Waals surface area contributed by atoms with Crippen LogP contribution >= 0.6 is 0 Å². The van der Waals surface area contributed by atoms with Crippen LogP contribution in [0.1, 0.15) is 69.7 Å². The number of hydrogen-bond acceptors (Lipinski definition) is 0. The molecule has 0 saturated heterocycles. The molecule has 2 heteroatoms. The maximum absolute atomic E-state index is 2.31. The van der Waals surface area contributed by atoms with Gasteiger partial charge in [0, 0.05) is 0 Å². The first-order valence-electron chi connectivity index (χ1n) is 7.53. The molecule has 0 bridgehead atoms. The molecule has 4 atom stereocenters. The van der Waals surface area contributed by atoms with E-state index >= 15 is 0 Å². The average molecular weight is 636 g/mol. The van der Waals surface area contributed by atoms with E-state index in [-0.39, 0.29) is 49.6 Å². The molecule has 0 aliphatic heterocycles. The van der Waals surface area contributed by atoms with E-state index in [0.29, 0.717) is 0 Å². The van der Waals surface area contributed by atoms with E-state index in [1.54, 1.807) is 0 Å². The molecule has 0 aromatic rings. The zero-order chi connectivity index (χ0) is 14.7. The van der Waals surface area contributed by atoms with E-state index in [1.807, 2.05) is 0 Å². The zero-order valence-corrected chi connectivity index (χ0v) is 20.9. The van der Waals surface area contributed by atoms with Crippen LogP contribution in [0.2, 0.25) is 0 Å². The van der Waals surface area contributed by atoms with Crippen LogP contribution in [0.5, 0.6) is 0 Å². The largest absolute Gasteiger partial charge is 2.00 e. The minimum atomic E-state index is 0. The van der Waals surface area contributed by atoms with E-state index in [9.17, 15) is 0 Å². The Morgan fingerprint density at radius 1 is 0.476 bits per heavy atom. The fraction of sp³-hybridized carbons (Fsp3) is 0.789. The van der Waals surface area contributed by atoms with Crippen molar-refractivity contribution < 1.29 is 42.1 Å². The van der Waals surface area contributed by atoms with Crippen molar-refractivity contribution in [1.29, 1.82) is 0 Å². The number of hydrogen-bond donors (Lipinski definition) is 0. The zero-order valence-electron chi connectivity index (χ0n) is 15.0. The van der Waals surface area contributed by atoms with Gasteiger partial charge in [0.2, 0.25) is 0 Å². The SMILES string of the molecule is C.C[CH-]C(C)C(C)C(C)[CH-]C.C[CH-]C(C)C(C)[CH-]C.[W+2].[W+2]. The fourth-order valence-electron chi connectivity index (χ4n) is 1.69. The van der Waals surface area contributed by atoms with Gasteiger partial charge in [0.1, 0.15) is 0 Å². The molecular formula is C19H40W2. The van der Waals surface area contributed by atoms with Crippen molar-refractivity contribution in [2.75, 3.05) is 0 Å². The second-order valence-electron chi connectivity index (χ2n) is 5.63. The third kappa shape index (κ3) is 17.6. The van der Waals surface area contributed by atoms with Gasteiger partial charge in [-0.15, -0.1) is 0 Å². The second-order valence-corrected chi connectivity index (χ2v) is 5.63. The van der Waals surface area contributed by atoms with E-state index in [2.05, 4.69) is 88.0 Å². The van der Waals surface area contributed by atoms with Gasteiger partial charge < -0.3 is 25.7 Å². The quantitative estimate of drug-likeness (QED) is 0.274. The standard InChI is InChI=1S/C10H20.C8H16.CH4.2W/c1-6-8(3)10(5)9(4)7-2;1-5-7(3)8(4)6-2;;;/h6-10H,1-5H3;5-8H,1-4H3;1H4;;/q2*-2;;2*+2. The molecular weight excluding hydrogens is 596 g/mol. The Balaban J connectivity index is -0.0000000724. The summed E-state index contributed by atoms with van der Waals surface area (Å²) < 4.78 is 0. The average Bonchev–Trinajstić information content (AvgIpc) is 2.43. The van der Waals surface area contributed by atoms with Crippen LogP contribution in [0.3, 0.4) is 0 Å². The monoisotopic (exact) mass is 636 g/mol. The van der Waals surface area contributed by atoms with Crippen molar-refractivity contribution in [3.05, 3.63) is 25.7 Å². The fourth-order valence-corrected chi connectivity index (χ4v) is 1.69. The molecule has 0 amide bonds. The van der Waals surface area contributed by atoms with E-state index in [4.69, 9.17) is 0 Å². The Morgan fingerprint density at radius 3 is 0.810 bits per heavy atom. The summed E-state index contributed by atoms with van der Waals surface area (Å²) in [6.07, 6.45) is 9.05. The maximum Gasteiger partial charge on any atom is 2.00 e. The van der Waals surface area contributed by atoms with Gasteiger partial charge in [-0.2, -0.15) is 51.4 Å². The molecule has 0 aromatic heterocycles. The smallest absolute Gasteiger partial charge is 0.331 e. The van der Waals surface area contributed by atoms with Gasteiger partial charge in [0.15, 0.2) is 0 Å². The van der Waals surface area contributed by atoms with Crippen LogP contribution in [-0.4, -0.2) is 0 Å². The summed E-state index contributed by atoms with van der Waals surface area (Å²) in [5.41, 5.74) is 0. The first-order chi connectivity index (χ1) is 8.35. The third-order valence-corrected chi connectivity index (χ3v) is 4.59. The van der Waals surface area contributed by atoms with Crippen LogP contribution < -0.4 is 0 Å². The molecule has 0 aliphatic rings. The van der Waals surface area contributed by atoms with Crippen molar-refractivity contribution in [2.24, 2.45) is 29.6 Å². The Morgan fingerprint density at radius 2 is 0.667 bits per heavy atom. The summed E-state index contributed by atoms with van der Waals surface area (Å²) in [6, 6.07) is 0. The van der Waals surface area contributed by atoms with Crippen molar-refractivity contribution in [3.63, 3.8) is 0 Å². The van der Waals surface area contributed by atoms with Crippen molar-refractivity contribution >= 4 is 0 Å². The van der Waals surface area contributed by atoms with E-state index in [0.717, 1.165) is 29.6 Å². The molecule has 21 heavy (non-hydrogen) atoms. The van der Waals surface area contributed by atoms with Crippen LogP contribution in [0, 0.1) is 55.3 Å². The summed E-state index contributed by atoms with van der Waals surface area (Å²) in [5.74, 6) is 3.74. The molecule has 0 nitrogen and oxygen atoms in total. The molecule has 0 radical (unpaired) electrons. The van der Waals surface area contributed by atoms with Crippen molar-refractivity contribution in [3.8, 4) is 0 Å². The van der Waals surface area contributed by atoms with Gasteiger partial charge in [-0.3, -0.25) is 0 Å². The molecule has 0 spiro atoms. The Bertz CT molecular complexity index is 153. The molecule has 0 saturated carbocycles. The molecule has 0 N–H and O–H groups in total. The van der Waals surface area contributed by atoms with Gasteiger partial charge in [-0.05, 0) is 0 Å². The van der Waals surface area contributed by atoms with Crippen LogP contribution in [0.15, 0.2) is 0 Å².